The van der Waals surface area contributed by atoms with Gasteiger partial charge in [-0.05, 0) is 27.7 Å². The summed E-state index contributed by atoms with van der Waals surface area (Å²) in [5.74, 6) is 0.195. The van der Waals surface area contributed by atoms with Crippen molar-refractivity contribution in [3.05, 3.63) is 18.5 Å². The molecule has 0 aliphatic carbocycles. The highest BCUT2D eigenvalue weighted by Crippen LogP contribution is 2.30. The molecule has 3 heterocycles. The summed E-state index contributed by atoms with van der Waals surface area (Å²) in [6, 6.07) is 1.21. The van der Waals surface area contributed by atoms with Gasteiger partial charge in [0, 0.05) is 19.0 Å². The number of carbonyl (C=O) groups excluding carboxylic acids is 1. The molecule has 0 unspecified atom stereocenters. The standard InChI is InChI=1S/C19H25F3N6O4/c1-18(2,3)32-17(29)28-6-5-11(19(4,22)10-28)30-15-9-23-8-13(25-15)24-12-7-14(27-26-12)31-16(20)21/h7-9,11,16H,5-6,10H2,1-4H3,(H2,24,25,26,27)/t11-,19-/m0/s1. The Balaban J connectivity index is 1.61. The second-order valence-corrected chi connectivity index (χ2v) is 8.44. The molecule has 10 nitrogen and oxygen atoms in total. The quantitative estimate of drug-likeness (QED) is 0.674. The number of halogens is 3. The van der Waals surface area contributed by atoms with Crippen molar-refractivity contribution in [3.63, 3.8) is 0 Å². The molecule has 2 N–H and O–H groups in total. The van der Waals surface area contributed by atoms with Crippen LogP contribution in [-0.2, 0) is 4.74 Å². The van der Waals surface area contributed by atoms with Crippen LogP contribution in [0.4, 0.5) is 29.6 Å². The number of anilines is 2. The zero-order valence-electron chi connectivity index (χ0n) is 18.1. The number of nitrogens with zero attached hydrogens (tertiary/aromatic N) is 4. The summed E-state index contributed by atoms with van der Waals surface area (Å²) in [6.07, 6.45) is 1.45. The lowest BCUT2D eigenvalue weighted by Gasteiger charge is -2.40. The average molecular weight is 458 g/mol. The summed E-state index contributed by atoms with van der Waals surface area (Å²) in [5.41, 5.74) is -2.54. The molecule has 0 aromatic carbocycles. The van der Waals surface area contributed by atoms with Crippen molar-refractivity contribution in [3.8, 4) is 11.8 Å². The number of likely N-dealkylation sites (tertiary alicyclic amines) is 1. The number of piperidine rings is 1. The molecule has 0 radical (unpaired) electrons. The fourth-order valence-electron chi connectivity index (χ4n) is 3.06. The fourth-order valence-corrected chi connectivity index (χ4v) is 3.06. The molecule has 0 bridgehead atoms. The number of alkyl halides is 3. The number of aromatic nitrogens is 4. The van der Waals surface area contributed by atoms with Crippen LogP contribution in [0.5, 0.6) is 11.8 Å². The highest BCUT2D eigenvalue weighted by Gasteiger charge is 2.44. The van der Waals surface area contributed by atoms with Gasteiger partial charge >= 0.3 is 12.7 Å². The third-order valence-electron chi connectivity index (χ3n) is 4.39. The molecular formula is C19H25F3N6O4. The zero-order chi connectivity index (χ0) is 23.5. The minimum atomic E-state index is -3.00. The Labute approximate surface area is 182 Å². The van der Waals surface area contributed by atoms with E-state index in [2.05, 4.69) is 30.2 Å². The van der Waals surface area contributed by atoms with Gasteiger partial charge in [0.15, 0.2) is 11.5 Å². The van der Waals surface area contributed by atoms with E-state index in [4.69, 9.17) is 9.47 Å². The minimum absolute atomic E-state index is 0.0539. The molecule has 0 spiro atoms. The number of hydrogen-bond donors (Lipinski definition) is 2. The molecule has 1 fully saturated rings. The number of hydrogen-bond acceptors (Lipinski definition) is 8. The summed E-state index contributed by atoms with van der Waals surface area (Å²) < 4.78 is 55.0. The maximum atomic E-state index is 15.3. The Kier molecular flexibility index (Phi) is 6.65. The van der Waals surface area contributed by atoms with E-state index in [0.29, 0.717) is 0 Å². The van der Waals surface area contributed by atoms with Crippen LogP contribution in [0, 0.1) is 0 Å². The van der Waals surface area contributed by atoms with Gasteiger partial charge in [0.25, 0.3) is 0 Å². The van der Waals surface area contributed by atoms with Gasteiger partial charge in [0.1, 0.15) is 17.5 Å². The normalized spacial score (nSPS) is 21.4. The Morgan fingerprint density at radius 3 is 2.75 bits per heavy atom. The van der Waals surface area contributed by atoms with Crippen LogP contribution in [0.1, 0.15) is 34.1 Å². The van der Waals surface area contributed by atoms with Gasteiger partial charge in [-0.1, -0.05) is 0 Å². The molecule has 1 aliphatic heterocycles. The van der Waals surface area contributed by atoms with E-state index in [1.165, 1.54) is 30.3 Å². The lowest BCUT2D eigenvalue weighted by atomic mass is 9.93. The lowest BCUT2D eigenvalue weighted by molar-refractivity contribution is -0.0533. The molecule has 2 aromatic rings. The Bertz CT molecular complexity index is 934. The number of aromatic amines is 1. The fraction of sp³-hybridized carbons (Fsp3) is 0.579. The van der Waals surface area contributed by atoms with Crippen molar-refractivity contribution >= 4 is 17.7 Å². The molecule has 13 heteroatoms. The topological polar surface area (TPSA) is 114 Å². The van der Waals surface area contributed by atoms with Gasteiger partial charge in [0.2, 0.25) is 11.8 Å². The predicted octanol–water partition coefficient (Wildman–Crippen LogP) is 3.66. The Hall–Kier alpha value is -3.25. The molecule has 176 valence electrons. The molecule has 2 atom stereocenters. The first-order valence-corrected chi connectivity index (χ1v) is 9.84. The van der Waals surface area contributed by atoms with E-state index in [9.17, 15) is 13.6 Å². The zero-order valence-corrected chi connectivity index (χ0v) is 18.1. The average Bonchev–Trinajstić information content (AvgIpc) is 3.08. The van der Waals surface area contributed by atoms with Crippen molar-refractivity contribution in [2.24, 2.45) is 0 Å². The SMILES string of the molecule is CC(C)(C)OC(=O)N1CC[C@H](Oc2cncc(Nc3cc(OC(F)F)n[nH]3)n2)[C@@](C)(F)C1. The largest absolute Gasteiger partial charge is 0.470 e. The lowest BCUT2D eigenvalue weighted by Crippen LogP contribution is -2.56. The van der Waals surface area contributed by atoms with Crippen molar-refractivity contribution in [2.75, 3.05) is 18.4 Å². The van der Waals surface area contributed by atoms with Crippen LogP contribution in [0.15, 0.2) is 18.5 Å². The molecule has 1 saturated heterocycles. The van der Waals surface area contributed by atoms with Gasteiger partial charge in [-0.25, -0.2) is 9.18 Å². The van der Waals surface area contributed by atoms with Crippen LogP contribution in [0.2, 0.25) is 0 Å². The van der Waals surface area contributed by atoms with Crippen molar-refractivity contribution in [2.45, 2.75) is 58.1 Å². The van der Waals surface area contributed by atoms with Crippen LogP contribution in [-0.4, -0.2) is 68.2 Å². The van der Waals surface area contributed by atoms with E-state index in [1.54, 1.807) is 20.8 Å². The van der Waals surface area contributed by atoms with E-state index in [0.717, 1.165) is 0 Å². The summed E-state index contributed by atoms with van der Waals surface area (Å²) in [6.45, 7) is 3.63. The van der Waals surface area contributed by atoms with Crippen molar-refractivity contribution < 1.29 is 32.2 Å². The highest BCUT2D eigenvalue weighted by molar-refractivity contribution is 5.68. The Morgan fingerprint density at radius 1 is 1.34 bits per heavy atom. The Morgan fingerprint density at radius 2 is 2.09 bits per heavy atom. The van der Waals surface area contributed by atoms with Gasteiger partial charge in [-0.2, -0.15) is 13.8 Å². The number of nitrogens with one attached hydrogen (secondary N) is 2. The van der Waals surface area contributed by atoms with Crippen molar-refractivity contribution in [1.82, 2.24) is 25.1 Å². The van der Waals surface area contributed by atoms with E-state index in [1.807, 2.05) is 0 Å². The highest BCUT2D eigenvalue weighted by atomic mass is 19.3. The number of amides is 1. The predicted molar refractivity (Wildman–Crippen MR) is 107 cm³/mol. The number of carbonyl (C=O) groups is 1. The summed E-state index contributed by atoms with van der Waals surface area (Å²) in [4.78, 5) is 21.8. The molecule has 1 amide bonds. The van der Waals surface area contributed by atoms with Crippen molar-refractivity contribution in [1.29, 1.82) is 0 Å². The first-order chi connectivity index (χ1) is 14.9. The second-order valence-electron chi connectivity index (χ2n) is 8.44. The molecule has 1 aliphatic rings. The molecule has 3 rings (SSSR count). The van der Waals surface area contributed by atoms with E-state index in [-0.39, 0.29) is 42.9 Å². The van der Waals surface area contributed by atoms with E-state index < -0.39 is 30.1 Å². The first-order valence-electron chi connectivity index (χ1n) is 9.84. The summed E-state index contributed by atoms with van der Waals surface area (Å²) in [5, 5.41) is 8.82. The number of rotatable bonds is 6. The monoisotopic (exact) mass is 458 g/mol. The molecule has 0 saturated carbocycles. The molecule has 32 heavy (non-hydrogen) atoms. The molecule has 2 aromatic heterocycles. The molecular weight excluding hydrogens is 433 g/mol. The third-order valence-corrected chi connectivity index (χ3v) is 4.39. The maximum Gasteiger partial charge on any atom is 0.410 e. The van der Waals surface area contributed by atoms with Crippen LogP contribution in [0.25, 0.3) is 0 Å². The number of ether oxygens (including phenoxy) is 3. The number of H-pyrrole nitrogens is 1. The van der Waals surface area contributed by atoms with Gasteiger partial charge < -0.3 is 24.4 Å². The van der Waals surface area contributed by atoms with Gasteiger partial charge in [-0.15, -0.1) is 5.10 Å². The minimum Gasteiger partial charge on any atom is -0.470 e. The van der Waals surface area contributed by atoms with Crippen LogP contribution < -0.4 is 14.8 Å². The van der Waals surface area contributed by atoms with Crippen LogP contribution >= 0.6 is 0 Å². The third kappa shape index (κ3) is 6.37. The summed E-state index contributed by atoms with van der Waals surface area (Å²) in [7, 11) is 0. The first kappa shape index (κ1) is 23.4. The van der Waals surface area contributed by atoms with E-state index >= 15 is 4.39 Å². The van der Waals surface area contributed by atoms with Crippen LogP contribution in [0.3, 0.4) is 0 Å². The second kappa shape index (κ2) is 9.09. The summed E-state index contributed by atoms with van der Waals surface area (Å²) >= 11 is 0. The van der Waals surface area contributed by atoms with Gasteiger partial charge in [-0.3, -0.25) is 10.1 Å². The smallest absolute Gasteiger partial charge is 0.410 e. The maximum absolute atomic E-state index is 15.3. The van der Waals surface area contributed by atoms with Gasteiger partial charge in [0.05, 0.1) is 18.9 Å².